The molecular formula is C25H18BrN3O3. The summed E-state index contributed by atoms with van der Waals surface area (Å²) in [5, 5.41) is 18.7. The molecule has 3 N–H and O–H groups in total. The summed E-state index contributed by atoms with van der Waals surface area (Å²) < 4.78 is 0.678. The fraction of sp³-hybridized carbons (Fsp3) is 0. The molecule has 0 unspecified atom stereocenters. The van der Waals surface area contributed by atoms with E-state index in [-0.39, 0.29) is 11.7 Å². The Bertz CT molecular complexity index is 1350. The van der Waals surface area contributed by atoms with Crippen LogP contribution in [0.2, 0.25) is 0 Å². The molecule has 0 atom stereocenters. The monoisotopic (exact) mass is 487 g/mol. The van der Waals surface area contributed by atoms with E-state index in [1.54, 1.807) is 48.5 Å². The summed E-state index contributed by atoms with van der Waals surface area (Å²) in [6, 6.07) is 24.6. The lowest BCUT2D eigenvalue weighted by Crippen LogP contribution is -2.18. The van der Waals surface area contributed by atoms with E-state index in [1.165, 1.54) is 6.21 Å². The maximum atomic E-state index is 12.5. The molecule has 32 heavy (non-hydrogen) atoms. The van der Waals surface area contributed by atoms with Crippen molar-refractivity contribution in [1.29, 1.82) is 0 Å². The predicted molar refractivity (Wildman–Crippen MR) is 129 cm³/mol. The van der Waals surface area contributed by atoms with Gasteiger partial charge in [-0.25, -0.2) is 5.43 Å². The number of anilines is 1. The number of fused-ring (bicyclic) bond motifs is 1. The Morgan fingerprint density at radius 3 is 2.50 bits per heavy atom. The van der Waals surface area contributed by atoms with Crippen LogP contribution >= 0.6 is 15.9 Å². The van der Waals surface area contributed by atoms with Crippen LogP contribution in [-0.2, 0) is 0 Å². The minimum absolute atomic E-state index is 0.0680. The summed E-state index contributed by atoms with van der Waals surface area (Å²) in [4.78, 5) is 25.0. The highest BCUT2D eigenvalue weighted by Crippen LogP contribution is 2.25. The van der Waals surface area contributed by atoms with Crippen LogP contribution in [0.1, 0.15) is 26.3 Å². The Labute approximate surface area is 192 Å². The average Bonchev–Trinajstić information content (AvgIpc) is 2.81. The number of halogens is 1. The molecule has 0 spiro atoms. The van der Waals surface area contributed by atoms with Gasteiger partial charge in [0.15, 0.2) is 0 Å². The van der Waals surface area contributed by atoms with E-state index < -0.39 is 5.91 Å². The van der Waals surface area contributed by atoms with Gasteiger partial charge < -0.3 is 10.4 Å². The maximum Gasteiger partial charge on any atom is 0.271 e. The summed E-state index contributed by atoms with van der Waals surface area (Å²) in [5.74, 6) is -0.670. The van der Waals surface area contributed by atoms with E-state index in [0.717, 1.165) is 10.8 Å². The highest BCUT2D eigenvalue weighted by Gasteiger charge is 2.11. The minimum Gasteiger partial charge on any atom is -0.507 e. The lowest BCUT2D eigenvalue weighted by Gasteiger charge is -2.08. The number of carbonyl (C=O) groups excluding carboxylic acids is 2. The largest absolute Gasteiger partial charge is 0.507 e. The van der Waals surface area contributed by atoms with Crippen LogP contribution in [0.25, 0.3) is 10.8 Å². The summed E-state index contributed by atoms with van der Waals surface area (Å²) in [6.07, 6.45) is 1.41. The zero-order chi connectivity index (χ0) is 22.5. The first-order valence-electron chi connectivity index (χ1n) is 9.73. The van der Waals surface area contributed by atoms with E-state index in [0.29, 0.717) is 26.9 Å². The van der Waals surface area contributed by atoms with Gasteiger partial charge in [-0.1, -0.05) is 48.5 Å². The summed E-state index contributed by atoms with van der Waals surface area (Å²) in [7, 11) is 0. The topological polar surface area (TPSA) is 90.8 Å². The van der Waals surface area contributed by atoms with E-state index in [4.69, 9.17) is 0 Å². The average molecular weight is 488 g/mol. The summed E-state index contributed by atoms with van der Waals surface area (Å²) in [5.41, 5.74) is 4.27. The number of hydrazone groups is 1. The molecule has 0 saturated carbocycles. The van der Waals surface area contributed by atoms with Gasteiger partial charge in [-0.05, 0) is 63.1 Å². The van der Waals surface area contributed by atoms with Crippen LogP contribution in [0.5, 0.6) is 5.75 Å². The van der Waals surface area contributed by atoms with Crippen molar-refractivity contribution in [3.8, 4) is 5.75 Å². The van der Waals surface area contributed by atoms with E-state index >= 15 is 0 Å². The number of benzene rings is 4. The molecule has 2 amide bonds. The molecule has 4 aromatic rings. The molecular weight excluding hydrogens is 470 g/mol. The Hall–Kier alpha value is -3.97. The molecule has 0 radical (unpaired) electrons. The fourth-order valence-electron chi connectivity index (χ4n) is 3.22. The first kappa shape index (κ1) is 21.3. The third kappa shape index (κ3) is 4.68. The van der Waals surface area contributed by atoms with Gasteiger partial charge in [0.25, 0.3) is 11.8 Å². The molecule has 158 valence electrons. The van der Waals surface area contributed by atoms with Crippen molar-refractivity contribution < 1.29 is 14.7 Å². The molecule has 4 aromatic carbocycles. The zero-order valence-electron chi connectivity index (χ0n) is 16.7. The van der Waals surface area contributed by atoms with Crippen LogP contribution in [-0.4, -0.2) is 23.1 Å². The molecule has 0 saturated heterocycles. The molecule has 0 bridgehead atoms. The van der Waals surface area contributed by atoms with Crippen LogP contribution in [0.3, 0.4) is 0 Å². The number of phenols is 1. The predicted octanol–water partition coefficient (Wildman–Crippen LogP) is 5.32. The van der Waals surface area contributed by atoms with Gasteiger partial charge in [0.2, 0.25) is 0 Å². The van der Waals surface area contributed by atoms with Crippen molar-refractivity contribution in [1.82, 2.24) is 5.43 Å². The number of carbonyl (C=O) groups is 2. The van der Waals surface area contributed by atoms with E-state index in [1.807, 2.05) is 36.4 Å². The fourth-order valence-corrected chi connectivity index (χ4v) is 3.69. The number of amides is 2. The van der Waals surface area contributed by atoms with Gasteiger partial charge in [-0.3, -0.25) is 9.59 Å². The lowest BCUT2D eigenvalue weighted by atomic mass is 10.0. The number of nitrogens with zero attached hydrogens (tertiary/aromatic N) is 1. The number of phenolic OH excluding ortho intramolecular Hbond substituents is 1. The molecule has 0 heterocycles. The molecule has 0 aromatic heterocycles. The van der Waals surface area contributed by atoms with E-state index in [9.17, 15) is 14.7 Å². The first-order valence-corrected chi connectivity index (χ1v) is 10.5. The molecule has 0 aliphatic heterocycles. The quantitative estimate of drug-likeness (QED) is 0.262. The smallest absolute Gasteiger partial charge is 0.271 e. The van der Waals surface area contributed by atoms with Crippen molar-refractivity contribution in [2.24, 2.45) is 5.10 Å². The molecule has 6 nitrogen and oxygen atoms in total. The standard InChI is InChI=1S/C25H18BrN3O3/c26-22-11-4-3-10-20(22)25(32)28-18-8-5-7-17(14-18)24(31)29-27-15-21-19-9-2-1-6-16(19)12-13-23(21)30/h1-15,30H,(H,28,32)(H,29,31)/b27-15+. The van der Waals surface area contributed by atoms with Crippen molar-refractivity contribution in [3.63, 3.8) is 0 Å². The number of nitrogens with one attached hydrogen (secondary N) is 2. The van der Waals surface area contributed by atoms with Gasteiger partial charge in [0.1, 0.15) is 5.75 Å². The van der Waals surface area contributed by atoms with Gasteiger partial charge in [-0.15, -0.1) is 0 Å². The highest BCUT2D eigenvalue weighted by atomic mass is 79.9. The minimum atomic E-state index is -0.446. The molecule has 7 heteroatoms. The maximum absolute atomic E-state index is 12.5. The lowest BCUT2D eigenvalue weighted by molar-refractivity contribution is 0.0953. The van der Waals surface area contributed by atoms with Crippen LogP contribution in [0.15, 0.2) is 94.5 Å². The molecule has 4 rings (SSSR count). The highest BCUT2D eigenvalue weighted by molar-refractivity contribution is 9.10. The van der Waals surface area contributed by atoms with Crippen molar-refractivity contribution in [3.05, 3.63) is 106 Å². The molecule has 0 aliphatic rings. The summed E-state index contributed by atoms with van der Waals surface area (Å²) >= 11 is 3.36. The van der Waals surface area contributed by atoms with Crippen molar-refractivity contribution in [2.45, 2.75) is 0 Å². The Morgan fingerprint density at radius 2 is 1.66 bits per heavy atom. The molecule has 0 aliphatic carbocycles. The Balaban J connectivity index is 1.48. The van der Waals surface area contributed by atoms with Gasteiger partial charge >= 0.3 is 0 Å². The Morgan fingerprint density at radius 1 is 0.875 bits per heavy atom. The van der Waals surface area contributed by atoms with Gasteiger partial charge in [0, 0.05) is 21.3 Å². The second kappa shape index (κ2) is 9.45. The van der Waals surface area contributed by atoms with Crippen LogP contribution in [0, 0.1) is 0 Å². The van der Waals surface area contributed by atoms with Gasteiger partial charge in [-0.2, -0.15) is 5.10 Å². The number of hydrogen-bond acceptors (Lipinski definition) is 4. The van der Waals surface area contributed by atoms with Crippen LogP contribution in [0.4, 0.5) is 5.69 Å². The first-order chi connectivity index (χ1) is 15.5. The SMILES string of the molecule is O=C(N/N=C/c1c(O)ccc2ccccc12)c1cccc(NC(=O)c2ccccc2Br)c1. The van der Waals surface area contributed by atoms with Crippen LogP contribution < -0.4 is 10.7 Å². The third-order valence-electron chi connectivity index (χ3n) is 4.81. The normalized spacial score (nSPS) is 10.9. The third-order valence-corrected chi connectivity index (χ3v) is 5.50. The van der Waals surface area contributed by atoms with E-state index in [2.05, 4.69) is 31.8 Å². The molecule has 0 fully saturated rings. The van der Waals surface area contributed by atoms with Crippen molar-refractivity contribution in [2.75, 3.05) is 5.32 Å². The Kier molecular flexibility index (Phi) is 6.28. The summed E-state index contributed by atoms with van der Waals surface area (Å²) in [6.45, 7) is 0. The number of rotatable bonds is 5. The zero-order valence-corrected chi connectivity index (χ0v) is 18.3. The second-order valence-electron chi connectivity index (χ2n) is 6.93. The van der Waals surface area contributed by atoms with Gasteiger partial charge in [0.05, 0.1) is 11.8 Å². The second-order valence-corrected chi connectivity index (χ2v) is 7.79. The van der Waals surface area contributed by atoms with Crippen molar-refractivity contribution >= 4 is 50.4 Å². The number of hydrogen-bond donors (Lipinski definition) is 3. The number of aromatic hydroxyl groups is 1.